The number of aliphatic hydroxyl groups excluding tert-OH is 1. The minimum atomic E-state index is -3.73. The lowest BCUT2D eigenvalue weighted by Gasteiger charge is -2.33. The molecule has 0 saturated carbocycles. The van der Waals surface area contributed by atoms with Gasteiger partial charge in [0.1, 0.15) is 11.0 Å². The van der Waals surface area contributed by atoms with Crippen molar-refractivity contribution in [1.82, 2.24) is 4.31 Å². The predicted octanol–water partition coefficient (Wildman–Crippen LogP) is 1.26. The van der Waals surface area contributed by atoms with Gasteiger partial charge >= 0.3 is 0 Å². The van der Waals surface area contributed by atoms with E-state index in [1.807, 2.05) is 13.0 Å². The smallest absolute Gasteiger partial charge is 0.244 e. The Kier molecular flexibility index (Phi) is 4.14. The molecular formula is C14H18N2O3S. The lowest BCUT2D eigenvalue weighted by Crippen LogP contribution is -2.45. The van der Waals surface area contributed by atoms with Gasteiger partial charge in [-0.2, -0.15) is 9.57 Å². The average molecular weight is 294 g/mol. The molecule has 1 aromatic rings. The lowest BCUT2D eigenvalue weighted by atomic mass is 9.98. The van der Waals surface area contributed by atoms with Crippen molar-refractivity contribution in [3.05, 3.63) is 29.3 Å². The lowest BCUT2D eigenvalue weighted by molar-refractivity contribution is 0.0605. The Morgan fingerprint density at radius 1 is 1.45 bits per heavy atom. The third-order valence-corrected chi connectivity index (χ3v) is 5.75. The van der Waals surface area contributed by atoms with Gasteiger partial charge in [-0.3, -0.25) is 0 Å². The van der Waals surface area contributed by atoms with E-state index < -0.39 is 16.1 Å². The maximum Gasteiger partial charge on any atom is 0.244 e. The molecule has 1 heterocycles. The van der Waals surface area contributed by atoms with Crippen molar-refractivity contribution in [1.29, 1.82) is 5.26 Å². The Labute approximate surface area is 119 Å². The minimum Gasteiger partial charge on any atom is -0.391 e. The fourth-order valence-electron chi connectivity index (χ4n) is 2.38. The van der Waals surface area contributed by atoms with E-state index in [-0.39, 0.29) is 22.9 Å². The number of piperidine rings is 1. The van der Waals surface area contributed by atoms with E-state index in [2.05, 4.69) is 0 Å². The number of rotatable bonds is 2. The molecule has 1 aliphatic heterocycles. The highest BCUT2D eigenvalue weighted by atomic mass is 32.2. The molecular weight excluding hydrogens is 276 g/mol. The number of hydrogen-bond acceptors (Lipinski definition) is 4. The maximum absolute atomic E-state index is 12.6. The van der Waals surface area contributed by atoms with Crippen LogP contribution in [0.4, 0.5) is 0 Å². The van der Waals surface area contributed by atoms with E-state index in [1.54, 1.807) is 19.1 Å². The van der Waals surface area contributed by atoms with Gasteiger partial charge in [0, 0.05) is 13.1 Å². The summed E-state index contributed by atoms with van der Waals surface area (Å²) in [6.07, 6.45) is -0.0393. The standard InChI is InChI=1S/C14H18N2O3S/c1-10-4-3-5-14(12(10)8-15)20(18,19)16-7-6-11(2)13(17)9-16/h3-5,11,13,17H,6-7,9H2,1-2H3. The molecule has 2 atom stereocenters. The number of benzene rings is 1. The Bertz CT molecular complexity index is 649. The van der Waals surface area contributed by atoms with Crippen LogP contribution in [0.3, 0.4) is 0 Å². The van der Waals surface area contributed by atoms with Gasteiger partial charge in [-0.1, -0.05) is 19.1 Å². The zero-order valence-electron chi connectivity index (χ0n) is 11.6. The molecule has 1 fully saturated rings. The minimum absolute atomic E-state index is 0.0294. The van der Waals surface area contributed by atoms with Crippen LogP contribution >= 0.6 is 0 Å². The summed E-state index contributed by atoms with van der Waals surface area (Å²) in [4.78, 5) is 0.0294. The number of hydrogen-bond donors (Lipinski definition) is 1. The monoisotopic (exact) mass is 294 g/mol. The third kappa shape index (κ3) is 2.57. The molecule has 108 valence electrons. The molecule has 20 heavy (non-hydrogen) atoms. The first-order chi connectivity index (χ1) is 9.37. The van der Waals surface area contributed by atoms with Crippen molar-refractivity contribution < 1.29 is 13.5 Å². The second-order valence-electron chi connectivity index (χ2n) is 5.26. The third-order valence-electron chi connectivity index (χ3n) is 3.85. The molecule has 2 unspecified atom stereocenters. The Hall–Kier alpha value is -1.42. The molecule has 1 aromatic carbocycles. The summed E-state index contributed by atoms with van der Waals surface area (Å²) in [5, 5.41) is 19.0. The second kappa shape index (κ2) is 5.52. The van der Waals surface area contributed by atoms with Crippen molar-refractivity contribution in [2.45, 2.75) is 31.3 Å². The molecule has 1 N–H and O–H groups in total. The summed E-state index contributed by atoms with van der Waals surface area (Å²) >= 11 is 0. The van der Waals surface area contributed by atoms with Crippen LogP contribution in [-0.4, -0.2) is 37.0 Å². The van der Waals surface area contributed by atoms with Crippen LogP contribution in [0.5, 0.6) is 0 Å². The number of nitrogens with zero attached hydrogens (tertiary/aromatic N) is 2. The van der Waals surface area contributed by atoms with E-state index in [1.165, 1.54) is 10.4 Å². The van der Waals surface area contributed by atoms with Gasteiger partial charge in [0.2, 0.25) is 10.0 Å². The van der Waals surface area contributed by atoms with Gasteiger partial charge in [0.05, 0.1) is 11.7 Å². The van der Waals surface area contributed by atoms with Gasteiger partial charge in [-0.15, -0.1) is 0 Å². The van der Waals surface area contributed by atoms with Crippen LogP contribution in [0.2, 0.25) is 0 Å². The van der Waals surface area contributed by atoms with E-state index >= 15 is 0 Å². The molecule has 2 rings (SSSR count). The SMILES string of the molecule is Cc1cccc(S(=O)(=O)N2CCC(C)C(O)C2)c1C#N. The van der Waals surface area contributed by atoms with Crippen LogP contribution in [0.15, 0.2) is 23.1 Å². The van der Waals surface area contributed by atoms with Gasteiger partial charge in [-0.25, -0.2) is 8.42 Å². The highest BCUT2D eigenvalue weighted by molar-refractivity contribution is 7.89. The summed E-state index contributed by atoms with van der Waals surface area (Å²) in [6, 6.07) is 6.75. The molecule has 0 spiro atoms. The predicted molar refractivity (Wildman–Crippen MR) is 74.4 cm³/mol. The van der Waals surface area contributed by atoms with Crippen LogP contribution in [0, 0.1) is 24.2 Å². The summed E-state index contributed by atoms with van der Waals surface area (Å²) < 4.78 is 26.5. The Morgan fingerprint density at radius 3 is 2.75 bits per heavy atom. The number of β-amino-alcohol motifs (C(OH)–C–C–N with tert-alkyl or cyclic N) is 1. The summed E-state index contributed by atoms with van der Waals surface area (Å²) in [5.41, 5.74) is 0.820. The highest BCUT2D eigenvalue weighted by Gasteiger charge is 2.34. The van der Waals surface area contributed by atoms with Crippen LogP contribution in [0.1, 0.15) is 24.5 Å². The Morgan fingerprint density at radius 2 is 2.15 bits per heavy atom. The summed E-state index contributed by atoms with van der Waals surface area (Å²) in [5.74, 6) is 0.0920. The normalized spacial score (nSPS) is 24.3. The molecule has 0 amide bonds. The van der Waals surface area contributed by atoms with Gasteiger partial charge in [0.15, 0.2) is 0 Å². The first kappa shape index (κ1) is 15.0. The van der Waals surface area contributed by atoms with Crippen molar-refractivity contribution in [2.75, 3.05) is 13.1 Å². The van der Waals surface area contributed by atoms with Crippen molar-refractivity contribution >= 4 is 10.0 Å². The molecule has 0 aliphatic carbocycles. The van der Waals surface area contributed by atoms with Crippen LogP contribution in [0.25, 0.3) is 0 Å². The van der Waals surface area contributed by atoms with Gasteiger partial charge in [-0.05, 0) is 30.9 Å². The van der Waals surface area contributed by atoms with Crippen molar-refractivity contribution in [3.8, 4) is 6.07 Å². The molecule has 0 aromatic heterocycles. The molecule has 5 nitrogen and oxygen atoms in total. The fraction of sp³-hybridized carbons (Fsp3) is 0.500. The fourth-order valence-corrected chi connectivity index (χ4v) is 4.06. The quantitative estimate of drug-likeness (QED) is 0.890. The van der Waals surface area contributed by atoms with Crippen LogP contribution in [-0.2, 0) is 10.0 Å². The highest BCUT2D eigenvalue weighted by Crippen LogP contribution is 2.26. The molecule has 0 radical (unpaired) electrons. The molecule has 1 aliphatic rings. The van der Waals surface area contributed by atoms with Crippen molar-refractivity contribution in [3.63, 3.8) is 0 Å². The summed E-state index contributed by atoms with van der Waals surface area (Å²) in [7, 11) is -3.73. The zero-order chi connectivity index (χ0) is 14.9. The first-order valence-electron chi connectivity index (χ1n) is 6.56. The summed E-state index contributed by atoms with van der Waals surface area (Å²) in [6.45, 7) is 4.08. The number of aliphatic hydroxyl groups is 1. The average Bonchev–Trinajstić information content (AvgIpc) is 2.41. The molecule has 6 heteroatoms. The number of aryl methyl sites for hydroxylation is 1. The van der Waals surface area contributed by atoms with E-state index in [0.29, 0.717) is 18.5 Å². The second-order valence-corrected chi connectivity index (χ2v) is 7.16. The van der Waals surface area contributed by atoms with Gasteiger partial charge < -0.3 is 5.11 Å². The van der Waals surface area contributed by atoms with Crippen LogP contribution < -0.4 is 0 Å². The van der Waals surface area contributed by atoms with E-state index in [9.17, 15) is 18.8 Å². The largest absolute Gasteiger partial charge is 0.391 e. The zero-order valence-corrected chi connectivity index (χ0v) is 12.4. The maximum atomic E-state index is 12.6. The first-order valence-corrected chi connectivity index (χ1v) is 8.00. The topological polar surface area (TPSA) is 81.4 Å². The number of nitriles is 1. The van der Waals surface area contributed by atoms with Gasteiger partial charge in [0.25, 0.3) is 0 Å². The van der Waals surface area contributed by atoms with Crippen molar-refractivity contribution in [2.24, 2.45) is 5.92 Å². The Balaban J connectivity index is 2.42. The molecule has 0 bridgehead atoms. The van der Waals surface area contributed by atoms with E-state index in [4.69, 9.17) is 0 Å². The van der Waals surface area contributed by atoms with E-state index in [0.717, 1.165) is 0 Å². The molecule has 1 saturated heterocycles. The number of sulfonamides is 1.